The molecule has 4 aromatic heterocycles. The lowest BCUT2D eigenvalue weighted by Crippen LogP contribution is -2.26. The molecular formula is C27H22ClF3N6O5S. The minimum atomic E-state index is -4.68. The van der Waals surface area contributed by atoms with Crippen LogP contribution >= 0.6 is 22.9 Å². The van der Waals surface area contributed by atoms with Crippen molar-refractivity contribution in [2.75, 3.05) is 26.6 Å². The fourth-order valence-corrected chi connectivity index (χ4v) is 5.61. The number of nitrogens with zero attached hydrogens (tertiary/aromatic N) is 5. The zero-order chi connectivity index (χ0) is 31.1. The lowest BCUT2D eigenvalue weighted by atomic mass is 10.0. The topological polar surface area (TPSA) is 129 Å². The highest BCUT2D eigenvalue weighted by Crippen LogP contribution is 2.38. The van der Waals surface area contributed by atoms with Gasteiger partial charge >= 0.3 is 6.18 Å². The first-order valence-electron chi connectivity index (χ1n) is 12.4. The zero-order valence-electron chi connectivity index (χ0n) is 23.0. The second kappa shape index (κ2) is 11.6. The van der Waals surface area contributed by atoms with Gasteiger partial charge in [0.15, 0.2) is 5.13 Å². The van der Waals surface area contributed by atoms with Crippen molar-refractivity contribution in [3.8, 4) is 28.8 Å². The number of anilines is 1. The minimum Gasteiger partial charge on any atom is -0.480 e. The van der Waals surface area contributed by atoms with Crippen LogP contribution < -0.4 is 19.5 Å². The predicted octanol–water partition coefficient (Wildman–Crippen LogP) is 5.41. The van der Waals surface area contributed by atoms with Gasteiger partial charge in [-0.2, -0.15) is 18.2 Å². The van der Waals surface area contributed by atoms with Crippen LogP contribution in [0.5, 0.6) is 17.6 Å². The quantitative estimate of drug-likeness (QED) is 0.284. The summed E-state index contributed by atoms with van der Waals surface area (Å²) < 4.78 is 54.7. The monoisotopic (exact) mass is 634 g/mol. The number of hydrogen-bond donors (Lipinski definition) is 1. The molecule has 0 spiro atoms. The second-order valence-electron chi connectivity index (χ2n) is 9.16. The van der Waals surface area contributed by atoms with Crippen molar-refractivity contribution >= 4 is 39.9 Å². The molecule has 224 valence electrons. The Balaban J connectivity index is 1.35. The number of fused-ring (bicyclic) bond motifs is 1. The number of pyridine rings is 3. The predicted molar refractivity (Wildman–Crippen MR) is 150 cm³/mol. The summed E-state index contributed by atoms with van der Waals surface area (Å²) in [6.45, 7) is 1.98. The molecule has 1 aliphatic rings. The number of nitrogens with one attached hydrogen (secondary N) is 1. The molecule has 0 saturated heterocycles. The van der Waals surface area contributed by atoms with Gasteiger partial charge in [0.05, 0.1) is 50.6 Å². The molecule has 1 N–H and O–H groups in total. The Morgan fingerprint density at radius 2 is 1.67 bits per heavy atom. The van der Waals surface area contributed by atoms with Crippen molar-refractivity contribution in [1.29, 1.82) is 0 Å². The smallest absolute Gasteiger partial charge is 0.433 e. The van der Waals surface area contributed by atoms with Crippen LogP contribution in [-0.4, -0.2) is 58.0 Å². The summed E-state index contributed by atoms with van der Waals surface area (Å²) in [7, 11) is 4.00. The molecule has 0 aliphatic carbocycles. The molecule has 0 saturated carbocycles. The lowest BCUT2D eigenvalue weighted by molar-refractivity contribution is -0.141. The maximum absolute atomic E-state index is 13.4. The van der Waals surface area contributed by atoms with E-state index < -0.39 is 29.6 Å². The van der Waals surface area contributed by atoms with Crippen molar-refractivity contribution in [1.82, 2.24) is 24.8 Å². The normalized spacial score (nSPS) is 12.6. The highest BCUT2D eigenvalue weighted by molar-refractivity contribution is 7.16. The maximum Gasteiger partial charge on any atom is 0.433 e. The summed E-state index contributed by atoms with van der Waals surface area (Å²) in [5.41, 5.74) is 1.04. The Bertz CT molecular complexity index is 1730. The minimum absolute atomic E-state index is 0.0786. The van der Waals surface area contributed by atoms with Gasteiger partial charge in [-0.05, 0) is 31.2 Å². The van der Waals surface area contributed by atoms with E-state index in [9.17, 15) is 22.8 Å². The molecule has 0 bridgehead atoms. The summed E-state index contributed by atoms with van der Waals surface area (Å²) in [5.74, 6) is -1.14. The molecule has 16 heteroatoms. The third kappa shape index (κ3) is 5.90. The van der Waals surface area contributed by atoms with Crippen LogP contribution in [0.15, 0.2) is 30.5 Å². The third-order valence-electron chi connectivity index (χ3n) is 6.41. The SMILES string of the molecule is COc1nc(OC)c(-c2cc(C)ncc2C(=O)Nc2nc3c(s2)CN(C(=O)c2ccc(C(F)(F)F)nc2OC)C3)cc1Cl. The van der Waals surface area contributed by atoms with Gasteiger partial charge in [0.2, 0.25) is 17.6 Å². The number of aromatic nitrogens is 4. The molecule has 2 amide bonds. The highest BCUT2D eigenvalue weighted by Gasteiger charge is 2.35. The van der Waals surface area contributed by atoms with Crippen LogP contribution in [0.25, 0.3) is 11.1 Å². The van der Waals surface area contributed by atoms with E-state index in [0.717, 1.165) is 19.2 Å². The van der Waals surface area contributed by atoms with Crippen LogP contribution in [0.4, 0.5) is 18.3 Å². The standard InChI is InChI=1S/C27H22ClF3N6O5S/c1-12-7-14(15-8-17(28)24(42-4)36-23(15)41-3)16(9-32-12)21(38)35-26-33-18-10-37(11-19(18)43-26)25(39)13-5-6-20(27(29,30)31)34-22(13)40-2/h5-9H,10-11H2,1-4H3,(H,33,35,38). The number of rotatable bonds is 7. The molecule has 11 nitrogen and oxygen atoms in total. The number of carbonyl (C=O) groups is 2. The first-order chi connectivity index (χ1) is 20.4. The van der Waals surface area contributed by atoms with Gasteiger partial charge in [-0.25, -0.2) is 9.97 Å². The molecule has 0 atom stereocenters. The number of halogens is 4. The number of methoxy groups -OCH3 is 3. The van der Waals surface area contributed by atoms with Gasteiger partial charge in [0.1, 0.15) is 16.3 Å². The van der Waals surface area contributed by atoms with E-state index in [1.54, 1.807) is 19.1 Å². The largest absolute Gasteiger partial charge is 0.480 e. The molecule has 5 heterocycles. The van der Waals surface area contributed by atoms with E-state index in [0.29, 0.717) is 32.5 Å². The van der Waals surface area contributed by atoms with E-state index >= 15 is 0 Å². The third-order valence-corrected chi connectivity index (χ3v) is 7.68. The van der Waals surface area contributed by atoms with Gasteiger partial charge in [-0.3, -0.25) is 19.9 Å². The lowest BCUT2D eigenvalue weighted by Gasteiger charge is -2.17. The van der Waals surface area contributed by atoms with Gasteiger partial charge in [-0.15, -0.1) is 0 Å². The summed E-state index contributed by atoms with van der Waals surface area (Å²) in [4.78, 5) is 45.1. The van der Waals surface area contributed by atoms with Gasteiger partial charge in [-0.1, -0.05) is 22.9 Å². The molecule has 0 aromatic carbocycles. The highest BCUT2D eigenvalue weighted by atomic mass is 35.5. The number of thiazole rings is 1. The number of carbonyl (C=O) groups excluding carboxylic acids is 2. The van der Waals surface area contributed by atoms with E-state index in [2.05, 4.69) is 25.3 Å². The number of amides is 2. The zero-order valence-corrected chi connectivity index (χ0v) is 24.6. The van der Waals surface area contributed by atoms with E-state index in [4.69, 9.17) is 25.8 Å². The molecule has 4 aromatic rings. The molecule has 43 heavy (non-hydrogen) atoms. The molecule has 5 rings (SSSR count). The van der Waals surface area contributed by atoms with Gasteiger partial charge in [0.25, 0.3) is 11.8 Å². The van der Waals surface area contributed by atoms with Crippen molar-refractivity contribution in [2.45, 2.75) is 26.2 Å². The van der Waals surface area contributed by atoms with E-state index in [1.807, 2.05) is 0 Å². The Morgan fingerprint density at radius 1 is 0.953 bits per heavy atom. The molecule has 0 fully saturated rings. The molecular weight excluding hydrogens is 613 g/mol. The fraction of sp³-hybridized carbons (Fsp3) is 0.259. The number of hydrogen-bond acceptors (Lipinski definition) is 10. The Morgan fingerprint density at radius 3 is 2.33 bits per heavy atom. The number of ether oxygens (including phenoxy) is 3. The van der Waals surface area contributed by atoms with Gasteiger partial charge in [0, 0.05) is 23.0 Å². The first kappa shape index (κ1) is 30.0. The van der Waals surface area contributed by atoms with Crippen LogP contribution in [0.1, 0.15) is 42.7 Å². The second-order valence-corrected chi connectivity index (χ2v) is 10.7. The number of aryl methyl sites for hydroxylation is 1. The first-order valence-corrected chi connectivity index (χ1v) is 13.6. The Kier molecular flexibility index (Phi) is 8.12. The van der Waals surface area contributed by atoms with Crippen LogP contribution in [0, 0.1) is 6.92 Å². The Hall–Kier alpha value is -4.50. The summed E-state index contributed by atoms with van der Waals surface area (Å²) >= 11 is 7.49. The summed E-state index contributed by atoms with van der Waals surface area (Å²) in [6, 6.07) is 5.05. The van der Waals surface area contributed by atoms with Crippen LogP contribution in [-0.2, 0) is 19.3 Å². The Labute approximate surface area is 251 Å². The van der Waals surface area contributed by atoms with E-state index in [1.165, 1.54) is 36.7 Å². The molecule has 0 radical (unpaired) electrons. The van der Waals surface area contributed by atoms with Crippen molar-refractivity contribution in [2.24, 2.45) is 0 Å². The van der Waals surface area contributed by atoms with E-state index in [-0.39, 0.29) is 41.0 Å². The number of alkyl halides is 3. The average molecular weight is 635 g/mol. The van der Waals surface area contributed by atoms with Crippen molar-refractivity contribution < 1.29 is 37.0 Å². The van der Waals surface area contributed by atoms with Crippen molar-refractivity contribution in [3.63, 3.8) is 0 Å². The fourth-order valence-electron chi connectivity index (χ4n) is 4.40. The van der Waals surface area contributed by atoms with Crippen LogP contribution in [0.2, 0.25) is 5.02 Å². The molecule has 0 unspecified atom stereocenters. The van der Waals surface area contributed by atoms with Crippen LogP contribution in [0.3, 0.4) is 0 Å². The van der Waals surface area contributed by atoms with Crippen molar-refractivity contribution in [3.05, 3.63) is 68.6 Å². The average Bonchev–Trinajstić information content (AvgIpc) is 3.54. The van der Waals surface area contributed by atoms with Gasteiger partial charge < -0.3 is 19.1 Å². The molecule has 1 aliphatic heterocycles. The summed E-state index contributed by atoms with van der Waals surface area (Å²) in [6.07, 6.45) is -3.26. The summed E-state index contributed by atoms with van der Waals surface area (Å²) in [5, 5.41) is 3.29. The maximum atomic E-state index is 13.4.